The summed E-state index contributed by atoms with van der Waals surface area (Å²) < 4.78 is 10.6. The fourth-order valence-corrected chi connectivity index (χ4v) is 3.26. The van der Waals surface area contributed by atoms with Crippen molar-refractivity contribution in [3.8, 4) is 17.2 Å². The average molecular weight is 391 g/mol. The Kier molecular flexibility index (Phi) is 12.9. The van der Waals surface area contributed by atoms with E-state index in [1.165, 1.54) is 77.9 Å². The van der Waals surface area contributed by atoms with Crippen LogP contribution in [-0.4, -0.2) is 18.2 Å². The number of phenolic OH excluding ortho intramolecular Hbond substituents is 1. The Bertz CT molecular complexity index is 593. The zero-order valence-corrected chi connectivity index (χ0v) is 18.0. The molecule has 0 aliphatic heterocycles. The first-order chi connectivity index (χ1) is 13.6. The van der Waals surface area contributed by atoms with Crippen LogP contribution in [0.5, 0.6) is 17.2 Å². The van der Waals surface area contributed by atoms with Crippen molar-refractivity contribution in [2.45, 2.75) is 90.9 Å². The highest BCUT2D eigenvalue weighted by molar-refractivity contribution is 5.71. The summed E-state index contributed by atoms with van der Waals surface area (Å²) in [6.07, 6.45) is 18.9. The molecule has 0 atom stereocenters. The smallest absolute Gasteiger partial charge is 0.308 e. The van der Waals surface area contributed by atoms with Gasteiger partial charge in [-0.05, 0) is 38.2 Å². The predicted octanol–water partition coefficient (Wildman–Crippen LogP) is 6.74. The van der Waals surface area contributed by atoms with Gasteiger partial charge in [-0.3, -0.25) is 4.79 Å². The molecular weight excluding hydrogens is 352 g/mol. The van der Waals surface area contributed by atoms with Gasteiger partial charge in [-0.1, -0.05) is 64.0 Å². The average Bonchev–Trinajstić information content (AvgIpc) is 2.66. The van der Waals surface area contributed by atoms with Gasteiger partial charge in [-0.25, -0.2) is 0 Å². The Morgan fingerprint density at radius 1 is 0.964 bits per heavy atom. The normalized spacial score (nSPS) is 11.1. The van der Waals surface area contributed by atoms with E-state index in [9.17, 15) is 9.90 Å². The first-order valence-corrected chi connectivity index (χ1v) is 10.8. The molecule has 0 saturated carbocycles. The van der Waals surface area contributed by atoms with Crippen molar-refractivity contribution in [1.29, 1.82) is 0 Å². The van der Waals surface area contributed by atoms with Crippen molar-refractivity contribution in [1.82, 2.24) is 0 Å². The summed E-state index contributed by atoms with van der Waals surface area (Å²) in [4.78, 5) is 11.4. The third-order valence-corrected chi connectivity index (χ3v) is 4.79. The molecule has 0 saturated heterocycles. The predicted molar refractivity (Wildman–Crippen MR) is 115 cm³/mol. The van der Waals surface area contributed by atoms with Gasteiger partial charge in [0.15, 0.2) is 11.5 Å². The van der Waals surface area contributed by atoms with Crippen molar-refractivity contribution in [2.24, 2.45) is 0 Å². The van der Waals surface area contributed by atoms with Crippen molar-refractivity contribution >= 4 is 5.97 Å². The van der Waals surface area contributed by atoms with Crippen LogP contribution in [0.2, 0.25) is 0 Å². The van der Waals surface area contributed by atoms with Gasteiger partial charge in [-0.15, -0.1) is 0 Å². The van der Waals surface area contributed by atoms with Gasteiger partial charge in [0.25, 0.3) is 0 Å². The van der Waals surface area contributed by atoms with Crippen LogP contribution in [0.25, 0.3) is 0 Å². The molecule has 4 heteroatoms. The lowest BCUT2D eigenvalue weighted by molar-refractivity contribution is -0.132. The molecule has 0 spiro atoms. The van der Waals surface area contributed by atoms with Crippen LogP contribution < -0.4 is 9.47 Å². The van der Waals surface area contributed by atoms with E-state index in [0.29, 0.717) is 11.5 Å². The minimum atomic E-state index is -0.384. The molecule has 1 aromatic carbocycles. The summed E-state index contributed by atoms with van der Waals surface area (Å²) in [6, 6.07) is 3.13. The summed E-state index contributed by atoms with van der Waals surface area (Å²) in [6.45, 7) is 3.60. The first-order valence-electron chi connectivity index (χ1n) is 10.8. The minimum Gasteiger partial charge on any atom is -0.508 e. The molecule has 0 unspecified atom stereocenters. The van der Waals surface area contributed by atoms with E-state index in [-0.39, 0.29) is 11.7 Å². The number of phenols is 1. The molecule has 1 rings (SSSR count). The van der Waals surface area contributed by atoms with Crippen molar-refractivity contribution in [2.75, 3.05) is 7.11 Å². The molecule has 0 fully saturated rings. The van der Waals surface area contributed by atoms with E-state index in [1.807, 2.05) is 0 Å². The second-order valence-electron chi connectivity index (χ2n) is 7.36. The Morgan fingerprint density at radius 3 is 2.18 bits per heavy atom. The number of benzene rings is 1. The number of rotatable bonds is 15. The monoisotopic (exact) mass is 390 g/mol. The Hall–Kier alpha value is -1.97. The molecule has 0 aliphatic rings. The number of carbonyl (C=O) groups is 1. The zero-order valence-electron chi connectivity index (χ0n) is 18.0. The molecular formula is C24H38O4. The van der Waals surface area contributed by atoms with Gasteiger partial charge in [0.1, 0.15) is 5.75 Å². The zero-order chi connectivity index (χ0) is 20.6. The van der Waals surface area contributed by atoms with Crippen LogP contribution in [0.4, 0.5) is 0 Å². The molecule has 4 nitrogen and oxygen atoms in total. The topological polar surface area (TPSA) is 55.8 Å². The molecule has 1 N–H and O–H groups in total. The fraction of sp³-hybridized carbons (Fsp3) is 0.625. The third-order valence-electron chi connectivity index (χ3n) is 4.79. The number of methoxy groups -OCH3 is 1. The van der Waals surface area contributed by atoms with Gasteiger partial charge in [0, 0.05) is 18.6 Å². The maximum atomic E-state index is 11.4. The van der Waals surface area contributed by atoms with Crippen molar-refractivity contribution < 1.29 is 19.4 Å². The number of hydrogen-bond donors (Lipinski definition) is 1. The van der Waals surface area contributed by atoms with Gasteiger partial charge >= 0.3 is 5.97 Å². The molecule has 0 bridgehead atoms. The molecule has 28 heavy (non-hydrogen) atoms. The second-order valence-corrected chi connectivity index (χ2v) is 7.36. The van der Waals surface area contributed by atoms with Crippen LogP contribution in [0.15, 0.2) is 24.3 Å². The van der Waals surface area contributed by atoms with Gasteiger partial charge in [-0.2, -0.15) is 0 Å². The number of aryl methyl sites for hydroxylation is 1. The number of esters is 1. The van der Waals surface area contributed by atoms with Crippen LogP contribution in [0.1, 0.15) is 90.0 Å². The first kappa shape index (κ1) is 24.1. The van der Waals surface area contributed by atoms with Gasteiger partial charge in [0.2, 0.25) is 0 Å². The van der Waals surface area contributed by atoms with E-state index in [0.717, 1.165) is 24.8 Å². The van der Waals surface area contributed by atoms with Gasteiger partial charge in [0.05, 0.1) is 7.11 Å². The summed E-state index contributed by atoms with van der Waals surface area (Å²) in [5.74, 6) is 0.575. The number of aromatic hydroxyl groups is 1. The highest BCUT2D eigenvalue weighted by Gasteiger charge is 2.15. The van der Waals surface area contributed by atoms with Crippen molar-refractivity contribution in [3.05, 3.63) is 29.8 Å². The molecule has 0 radical (unpaired) electrons. The number of allylic oxidation sites excluding steroid dienone is 2. The standard InChI is InChI=1S/C24H38O4/c1-4-5-6-7-8-9-10-11-12-13-14-15-16-17-21-18-22(26)19-23(27-3)24(21)28-20(2)25/h7-8,18-19,26H,4-6,9-17H2,1-3H3. The number of hydrogen-bond acceptors (Lipinski definition) is 4. The van der Waals surface area contributed by atoms with E-state index in [2.05, 4.69) is 19.1 Å². The second kappa shape index (κ2) is 15.0. The fourth-order valence-electron chi connectivity index (χ4n) is 3.26. The van der Waals surface area contributed by atoms with E-state index >= 15 is 0 Å². The number of ether oxygens (including phenoxy) is 2. The quantitative estimate of drug-likeness (QED) is 0.156. The van der Waals surface area contributed by atoms with Crippen LogP contribution >= 0.6 is 0 Å². The van der Waals surface area contributed by atoms with Gasteiger partial charge < -0.3 is 14.6 Å². The number of carbonyl (C=O) groups excluding carboxylic acids is 1. The third kappa shape index (κ3) is 10.4. The Balaban J connectivity index is 2.23. The molecule has 0 amide bonds. The van der Waals surface area contributed by atoms with Crippen LogP contribution in [0.3, 0.4) is 0 Å². The highest BCUT2D eigenvalue weighted by Crippen LogP contribution is 2.36. The lowest BCUT2D eigenvalue weighted by Gasteiger charge is -2.14. The highest BCUT2D eigenvalue weighted by atomic mass is 16.6. The molecule has 0 aromatic heterocycles. The lowest BCUT2D eigenvalue weighted by atomic mass is 10.0. The van der Waals surface area contributed by atoms with E-state index in [1.54, 1.807) is 6.07 Å². The largest absolute Gasteiger partial charge is 0.508 e. The molecule has 1 aromatic rings. The SMILES string of the molecule is CCCCC=CCCCCCCCCCc1cc(O)cc(OC)c1OC(C)=O. The molecule has 158 valence electrons. The van der Waals surface area contributed by atoms with Crippen molar-refractivity contribution in [3.63, 3.8) is 0 Å². The van der Waals surface area contributed by atoms with Crippen LogP contribution in [0, 0.1) is 0 Å². The van der Waals surface area contributed by atoms with Crippen LogP contribution in [-0.2, 0) is 11.2 Å². The minimum absolute atomic E-state index is 0.131. The summed E-state index contributed by atoms with van der Waals surface area (Å²) in [7, 11) is 1.51. The Morgan fingerprint density at radius 2 is 1.57 bits per heavy atom. The van der Waals surface area contributed by atoms with E-state index in [4.69, 9.17) is 9.47 Å². The summed E-state index contributed by atoms with van der Waals surface area (Å²) in [5.41, 5.74) is 0.821. The molecule has 0 heterocycles. The lowest BCUT2D eigenvalue weighted by Crippen LogP contribution is -2.06. The maximum absolute atomic E-state index is 11.4. The maximum Gasteiger partial charge on any atom is 0.308 e. The summed E-state index contributed by atoms with van der Waals surface area (Å²) >= 11 is 0. The number of unbranched alkanes of at least 4 members (excludes halogenated alkanes) is 9. The Labute approximate surface area is 170 Å². The molecule has 0 aliphatic carbocycles. The summed E-state index contributed by atoms with van der Waals surface area (Å²) in [5, 5.41) is 9.86. The van der Waals surface area contributed by atoms with E-state index < -0.39 is 0 Å².